The molecule has 2 N–H and O–H groups in total. The van der Waals surface area contributed by atoms with Crippen LogP contribution >= 0.6 is 0 Å². The minimum Gasteiger partial charge on any atom is -0.356 e. The summed E-state index contributed by atoms with van der Waals surface area (Å²) in [6.07, 6.45) is 2.22. The molecule has 0 aliphatic carbocycles. The van der Waals surface area contributed by atoms with Crippen molar-refractivity contribution >= 4 is 17.6 Å². The number of nitrogens with one attached hydrogen (secondary N) is 2. The predicted molar refractivity (Wildman–Crippen MR) is 70.0 cm³/mol. The highest BCUT2D eigenvalue weighted by Crippen LogP contribution is 2.07. The first-order valence-electron chi connectivity index (χ1n) is 6.39. The Bertz CT molecular complexity index is 301. The van der Waals surface area contributed by atoms with Gasteiger partial charge < -0.3 is 10.6 Å². The van der Waals surface area contributed by atoms with E-state index >= 15 is 0 Å². The Kier molecular flexibility index (Phi) is 8.00. The number of rotatable bonds is 8. The van der Waals surface area contributed by atoms with Gasteiger partial charge in [0.15, 0.2) is 5.78 Å². The molecular weight excluding hydrogens is 232 g/mol. The van der Waals surface area contributed by atoms with Gasteiger partial charge in [0.1, 0.15) is 0 Å². The van der Waals surface area contributed by atoms with E-state index in [2.05, 4.69) is 10.6 Å². The van der Waals surface area contributed by atoms with Crippen molar-refractivity contribution in [2.24, 2.45) is 5.92 Å². The van der Waals surface area contributed by atoms with E-state index in [4.69, 9.17) is 0 Å². The van der Waals surface area contributed by atoms with E-state index in [0.717, 1.165) is 12.8 Å². The summed E-state index contributed by atoms with van der Waals surface area (Å²) in [4.78, 5) is 33.6. The van der Waals surface area contributed by atoms with Crippen LogP contribution in [0.3, 0.4) is 0 Å². The highest BCUT2D eigenvalue weighted by molar-refractivity contribution is 5.89. The minimum atomic E-state index is -0.403. The number of carbonyl (C=O) groups excluding carboxylic acids is 3. The summed E-state index contributed by atoms with van der Waals surface area (Å²) in [7, 11) is 0. The molecule has 104 valence electrons. The van der Waals surface area contributed by atoms with Crippen molar-refractivity contribution < 1.29 is 14.4 Å². The van der Waals surface area contributed by atoms with E-state index in [-0.39, 0.29) is 23.5 Å². The zero-order valence-electron chi connectivity index (χ0n) is 11.7. The maximum atomic E-state index is 11.9. The number of Topliss-reactive ketones (excluding diaryl/α,β-unsaturated/α-hetero) is 1. The van der Waals surface area contributed by atoms with E-state index in [1.54, 1.807) is 0 Å². The number of unbranched alkanes of at least 4 members (excludes halogenated alkanes) is 1. The van der Waals surface area contributed by atoms with E-state index in [1.165, 1.54) is 13.8 Å². The molecule has 5 heteroatoms. The van der Waals surface area contributed by atoms with Crippen LogP contribution < -0.4 is 10.6 Å². The van der Waals surface area contributed by atoms with Gasteiger partial charge in [0, 0.05) is 26.3 Å². The van der Waals surface area contributed by atoms with Crippen molar-refractivity contribution in [1.82, 2.24) is 10.6 Å². The Morgan fingerprint density at radius 3 is 2.06 bits per heavy atom. The maximum Gasteiger partial charge on any atom is 0.217 e. The number of ketones is 1. The van der Waals surface area contributed by atoms with Gasteiger partial charge in [0.25, 0.3) is 0 Å². The Hall–Kier alpha value is -1.39. The summed E-state index contributed by atoms with van der Waals surface area (Å²) in [6, 6.07) is -0.403. The van der Waals surface area contributed by atoms with Crippen molar-refractivity contribution in [3.05, 3.63) is 0 Å². The monoisotopic (exact) mass is 256 g/mol. The van der Waals surface area contributed by atoms with Gasteiger partial charge in [-0.3, -0.25) is 14.4 Å². The van der Waals surface area contributed by atoms with Gasteiger partial charge in [-0.25, -0.2) is 0 Å². The van der Waals surface area contributed by atoms with Crippen LogP contribution in [0.5, 0.6) is 0 Å². The summed E-state index contributed by atoms with van der Waals surface area (Å²) in [5.41, 5.74) is 0. The molecule has 0 aromatic rings. The van der Waals surface area contributed by atoms with Gasteiger partial charge in [-0.1, -0.05) is 13.8 Å². The maximum absolute atomic E-state index is 11.9. The quantitative estimate of drug-likeness (QED) is 0.637. The predicted octanol–water partition coefficient (Wildman–Crippen LogP) is 1.02. The molecule has 2 amide bonds. The highest BCUT2D eigenvalue weighted by atomic mass is 16.2. The smallest absolute Gasteiger partial charge is 0.217 e. The topological polar surface area (TPSA) is 75.3 Å². The Morgan fingerprint density at radius 2 is 1.61 bits per heavy atom. The molecule has 0 radical (unpaired) electrons. The molecule has 0 bridgehead atoms. The van der Waals surface area contributed by atoms with Crippen LogP contribution in [0.4, 0.5) is 0 Å². The lowest BCUT2D eigenvalue weighted by atomic mass is 9.97. The Labute approximate surface area is 109 Å². The Balaban J connectivity index is 4.05. The lowest BCUT2D eigenvalue weighted by Gasteiger charge is -2.18. The summed E-state index contributed by atoms with van der Waals surface area (Å²) in [5.74, 6) is -0.260. The molecule has 1 atom stereocenters. The van der Waals surface area contributed by atoms with E-state index in [9.17, 15) is 14.4 Å². The summed E-state index contributed by atoms with van der Waals surface area (Å²) in [5, 5.41) is 5.39. The molecule has 0 spiro atoms. The third-order valence-corrected chi connectivity index (χ3v) is 2.58. The third kappa shape index (κ3) is 7.81. The second kappa shape index (κ2) is 8.66. The number of hydrogen-bond donors (Lipinski definition) is 2. The van der Waals surface area contributed by atoms with Crippen LogP contribution in [0.1, 0.15) is 47.0 Å². The lowest BCUT2D eigenvalue weighted by Crippen LogP contribution is -2.41. The first kappa shape index (κ1) is 16.6. The normalized spacial score (nSPS) is 12.1. The van der Waals surface area contributed by atoms with Crippen LogP contribution in [0.25, 0.3) is 0 Å². The number of carbonyl (C=O) groups is 3. The van der Waals surface area contributed by atoms with Gasteiger partial charge in [-0.05, 0) is 19.3 Å². The molecule has 0 saturated heterocycles. The number of amides is 2. The van der Waals surface area contributed by atoms with Crippen LogP contribution in [-0.2, 0) is 14.4 Å². The third-order valence-electron chi connectivity index (χ3n) is 2.58. The van der Waals surface area contributed by atoms with Gasteiger partial charge in [-0.2, -0.15) is 0 Å². The van der Waals surface area contributed by atoms with Crippen molar-refractivity contribution in [3.8, 4) is 0 Å². The van der Waals surface area contributed by atoms with Crippen molar-refractivity contribution in [2.75, 3.05) is 6.54 Å². The van der Waals surface area contributed by atoms with Gasteiger partial charge in [0.2, 0.25) is 11.8 Å². The Morgan fingerprint density at radius 1 is 1.00 bits per heavy atom. The second-order valence-corrected chi connectivity index (χ2v) is 4.79. The van der Waals surface area contributed by atoms with E-state index < -0.39 is 6.04 Å². The van der Waals surface area contributed by atoms with Crippen LogP contribution in [0.2, 0.25) is 0 Å². The summed E-state index contributed by atoms with van der Waals surface area (Å²) in [6.45, 7) is 7.15. The molecule has 0 rings (SSSR count). The van der Waals surface area contributed by atoms with E-state index in [1.807, 2.05) is 13.8 Å². The number of hydrogen-bond acceptors (Lipinski definition) is 3. The first-order valence-corrected chi connectivity index (χ1v) is 6.39. The molecule has 0 aliphatic heterocycles. The summed E-state index contributed by atoms with van der Waals surface area (Å²) < 4.78 is 0. The second-order valence-electron chi connectivity index (χ2n) is 4.79. The van der Waals surface area contributed by atoms with Crippen LogP contribution in [0.15, 0.2) is 0 Å². The average molecular weight is 256 g/mol. The fraction of sp³-hybridized carbons (Fsp3) is 0.769. The molecule has 0 heterocycles. The van der Waals surface area contributed by atoms with E-state index in [0.29, 0.717) is 13.0 Å². The van der Waals surface area contributed by atoms with Crippen molar-refractivity contribution in [2.45, 2.75) is 53.0 Å². The molecule has 0 saturated carbocycles. The fourth-order valence-corrected chi connectivity index (χ4v) is 1.67. The molecule has 0 aromatic carbocycles. The van der Waals surface area contributed by atoms with Gasteiger partial charge in [-0.15, -0.1) is 0 Å². The van der Waals surface area contributed by atoms with Crippen molar-refractivity contribution in [1.29, 1.82) is 0 Å². The SMILES string of the molecule is CC(=O)NCCCC[C@H](NC(C)=O)C(=O)C(C)C. The molecule has 0 unspecified atom stereocenters. The zero-order chi connectivity index (χ0) is 14.1. The molecule has 18 heavy (non-hydrogen) atoms. The molecule has 0 aliphatic rings. The molecule has 0 fully saturated rings. The van der Waals surface area contributed by atoms with Crippen molar-refractivity contribution in [3.63, 3.8) is 0 Å². The average Bonchev–Trinajstić information content (AvgIpc) is 2.24. The van der Waals surface area contributed by atoms with Gasteiger partial charge >= 0.3 is 0 Å². The molecular formula is C13H24N2O3. The first-order chi connectivity index (χ1) is 8.34. The zero-order valence-corrected chi connectivity index (χ0v) is 11.7. The lowest BCUT2D eigenvalue weighted by molar-refractivity contribution is -0.128. The fourth-order valence-electron chi connectivity index (χ4n) is 1.67. The highest BCUT2D eigenvalue weighted by Gasteiger charge is 2.21. The molecule has 0 aromatic heterocycles. The standard InChI is InChI=1S/C13H24N2O3/c1-9(2)13(18)12(15-11(4)17)7-5-6-8-14-10(3)16/h9,12H,5-8H2,1-4H3,(H,14,16)(H,15,17)/t12-/m0/s1. The largest absolute Gasteiger partial charge is 0.356 e. The van der Waals surface area contributed by atoms with Crippen LogP contribution in [0, 0.1) is 5.92 Å². The minimum absolute atomic E-state index is 0.0494. The van der Waals surface area contributed by atoms with Crippen LogP contribution in [-0.4, -0.2) is 30.2 Å². The summed E-state index contributed by atoms with van der Waals surface area (Å²) >= 11 is 0. The van der Waals surface area contributed by atoms with Gasteiger partial charge in [0.05, 0.1) is 6.04 Å². The molecule has 5 nitrogen and oxygen atoms in total.